The number of halogens is 3. The number of benzene rings is 2. The number of hydrogen-bond acceptors (Lipinski definition) is 7. The lowest BCUT2D eigenvalue weighted by Gasteiger charge is -2.23. The number of hydrogen-bond donors (Lipinski definition) is 1. The number of anilines is 1. The van der Waals surface area contributed by atoms with Crippen LogP contribution >= 0.6 is 0 Å². The third kappa shape index (κ3) is 4.51. The zero-order valence-corrected chi connectivity index (χ0v) is 19.4. The van der Waals surface area contributed by atoms with E-state index in [0.29, 0.717) is 24.0 Å². The van der Waals surface area contributed by atoms with Crippen LogP contribution in [-0.2, 0) is 11.3 Å². The highest BCUT2D eigenvalue weighted by molar-refractivity contribution is 5.98. The Balaban J connectivity index is 1.50. The summed E-state index contributed by atoms with van der Waals surface area (Å²) >= 11 is 0. The molecule has 12 heteroatoms. The van der Waals surface area contributed by atoms with Crippen LogP contribution in [0.4, 0.5) is 19.0 Å². The molecule has 5 rings (SSSR count). The van der Waals surface area contributed by atoms with Crippen molar-refractivity contribution in [2.75, 3.05) is 12.3 Å². The van der Waals surface area contributed by atoms with Crippen molar-refractivity contribution in [1.82, 2.24) is 24.6 Å². The normalized spacial score (nSPS) is 15.2. The van der Waals surface area contributed by atoms with Gasteiger partial charge in [0.25, 0.3) is 0 Å². The van der Waals surface area contributed by atoms with E-state index < -0.39 is 17.5 Å². The zero-order chi connectivity index (χ0) is 26.1. The number of ether oxygens (including phenoxy) is 1. The molecule has 0 radical (unpaired) electrons. The molecule has 9 nitrogen and oxygen atoms in total. The number of nitrogens with two attached hydrogens (primary N) is 1. The number of carbonyl (C=O) groups is 1. The molecule has 0 spiro atoms. The molecule has 1 aliphatic rings. The highest BCUT2D eigenvalue weighted by atomic mass is 19.2. The van der Waals surface area contributed by atoms with Crippen LogP contribution in [0, 0.1) is 28.8 Å². The molecule has 2 aromatic heterocycles. The Labute approximate surface area is 208 Å². The molecule has 1 amide bonds. The van der Waals surface area contributed by atoms with Gasteiger partial charge in [-0.3, -0.25) is 4.79 Å². The molecule has 2 aromatic carbocycles. The molecule has 1 fully saturated rings. The van der Waals surface area contributed by atoms with Gasteiger partial charge in [-0.05, 0) is 37.1 Å². The van der Waals surface area contributed by atoms with Crippen LogP contribution in [0.3, 0.4) is 0 Å². The number of likely N-dealkylation sites (tertiary alicyclic amines) is 1. The monoisotopic (exact) mass is 507 g/mol. The average Bonchev–Trinajstić information content (AvgIpc) is 3.48. The molecule has 4 aromatic rings. The molecule has 0 aliphatic carbocycles. The summed E-state index contributed by atoms with van der Waals surface area (Å²) < 4.78 is 49.6. The van der Waals surface area contributed by atoms with Gasteiger partial charge in [-0.1, -0.05) is 6.07 Å². The van der Waals surface area contributed by atoms with Gasteiger partial charge >= 0.3 is 0 Å². The lowest BCUT2D eigenvalue weighted by atomic mass is 10.1. The van der Waals surface area contributed by atoms with Crippen molar-refractivity contribution >= 4 is 22.8 Å². The SMILES string of the molecule is N#CCC(=O)N1CCCC1Cn1nc(-c2ccc(Oc3cccc(F)c3F)cc2F)c2c(N)ncnc21. The van der Waals surface area contributed by atoms with Gasteiger partial charge in [0.05, 0.1) is 24.0 Å². The number of aromatic nitrogens is 4. The second kappa shape index (κ2) is 9.77. The topological polar surface area (TPSA) is 123 Å². The van der Waals surface area contributed by atoms with E-state index >= 15 is 4.39 Å². The van der Waals surface area contributed by atoms with E-state index in [1.54, 1.807) is 9.58 Å². The summed E-state index contributed by atoms with van der Waals surface area (Å²) in [5, 5.41) is 13.8. The number of nitriles is 1. The Morgan fingerprint density at radius 2 is 2.03 bits per heavy atom. The fraction of sp³-hybridized carbons (Fsp3) is 0.240. The van der Waals surface area contributed by atoms with Gasteiger partial charge in [-0.2, -0.15) is 14.8 Å². The van der Waals surface area contributed by atoms with Crippen LogP contribution in [-0.4, -0.2) is 43.1 Å². The summed E-state index contributed by atoms with van der Waals surface area (Å²) in [4.78, 5) is 22.3. The first kappa shape index (κ1) is 24.1. The number of nitrogens with zero attached hydrogens (tertiary/aromatic N) is 6. The van der Waals surface area contributed by atoms with Crippen molar-refractivity contribution < 1.29 is 22.7 Å². The van der Waals surface area contributed by atoms with E-state index in [2.05, 4.69) is 15.1 Å². The van der Waals surface area contributed by atoms with Gasteiger partial charge in [0, 0.05) is 18.2 Å². The molecule has 37 heavy (non-hydrogen) atoms. The summed E-state index contributed by atoms with van der Waals surface area (Å²) in [6.07, 6.45) is 2.56. The van der Waals surface area contributed by atoms with E-state index in [-0.39, 0.29) is 53.5 Å². The van der Waals surface area contributed by atoms with Crippen molar-refractivity contribution in [3.63, 3.8) is 0 Å². The minimum Gasteiger partial charge on any atom is -0.454 e. The molecule has 1 aliphatic heterocycles. The van der Waals surface area contributed by atoms with Crippen molar-refractivity contribution in [3.8, 4) is 28.8 Å². The molecule has 1 atom stereocenters. The number of fused-ring (bicyclic) bond motifs is 1. The molecule has 0 bridgehead atoms. The third-order valence-corrected chi connectivity index (χ3v) is 6.21. The first-order valence-electron chi connectivity index (χ1n) is 11.4. The van der Waals surface area contributed by atoms with Crippen LogP contribution < -0.4 is 10.5 Å². The predicted octanol–water partition coefficient (Wildman–Crippen LogP) is 4.19. The minimum absolute atomic E-state index is 0.0451. The van der Waals surface area contributed by atoms with E-state index in [4.69, 9.17) is 15.7 Å². The number of amides is 1. The summed E-state index contributed by atoms with van der Waals surface area (Å²) in [7, 11) is 0. The number of nitrogen functional groups attached to an aromatic ring is 1. The van der Waals surface area contributed by atoms with Gasteiger partial charge in [0.1, 0.15) is 35.8 Å². The number of rotatable bonds is 6. The number of carbonyl (C=O) groups excluding carboxylic acids is 1. The lowest BCUT2D eigenvalue weighted by Crippen LogP contribution is -2.38. The first-order valence-corrected chi connectivity index (χ1v) is 11.4. The quantitative estimate of drug-likeness (QED) is 0.415. The van der Waals surface area contributed by atoms with Crippen LogP contribution in [0.15, 0.2) is 42.7 Å². The maximum absolute atomic E-state index is 15.3. The van der Waals surface area contributed by atoms with Gasteiger partial charge in [0.2, 0.25) is 11.7 Å². The Morgan fingerprint density at radius 3 is 2.81 bits per heavy atom. The Kier molecular flexibility index (Phi) is 6.35. The Hall–Kier alpha value is -4.66. The molecule has 2 N–H and O–H groups in total. The fourth-order valence-corrected chi connectivity index (χ4v) is 4.51. The highest BCUT2D eigenvalue weighted by Gasteiger charge is 2.30. The van der Waals surface area contributed by atoms with E-state index in [0.717, 1.165) is 18.6 Å². The van der Waals surface area contributed by atoms with Crippen molar-refractivity contribution in [1.29, 1.82) is 5.26 Å². The molecular weight excluding hydrogens is 487 g/mol. The molecule has 0 saturated carbocycles. The maximum Gasteiger partial charge on any atom is 0.237 e. The summed E-state index contributed by atoms with van der Waals surface area (Å²) in [5.41, 5.74) is 6.73. The van der Waals surface area contributed by atoms with Crippen molar-refractivity contribution in [2.24, 2.45) is 0 Å². The van der Waals surface area contributed by atoms with E-state index in [1.807, 2.05) is 6.07 Å². The van der Waals surface area contributed by atoms with Crippen LogP contribution in [0.5, 0.6) is 11.5 Å². The van der Waals surface area contributed by atoms with Gasteiger partial charge in [0.15, 0.2) is 17.2 Å². The van der Waals surface area contributed by atoms with Gasteiger partial charge in [-0.25, -0.2) is 23.4 Å². The maximum atomic E-state index is 15.3. The average molecular weight is 507 g/mol. The smallest absolute Gasteiger partial charge is 0.237 e. The van der Waals surface area contributed by atoms with E-state index in [9.17, 15) is 13.6 Å². The fourth-order valence-electron chi connectivity index (χ4n) is 4.51. The summed E-state index contributed by atoms with van der Waals surface area (Å²) in [6, 6.07) is 8.94. The predicted molar refractivity (Wildman–Crippen MR) is 127 cm³/mol. The Morgan fingerprint density at radius 1 is 1.19 bits per heavy atom. The highest BCUT2D eigenvalue weighted by Crippen LogP contribution is 2.35. The van der Waals surface area contributed by atoms with Gasteiger partial charge < -0.3 is 15.4 Å². The standard InChI is InChI=1S/C25H20F3N7O2/c26-17-4-1-5-19(22(17)28)37-15-6-7-16(18(27)11-15)23-21-24(30)31-13-32-25(21)35(33-23)12-14-3-2-10-34(14)20(36)8-9-29/h1,4-7,11,13-14H,2-3,8,10,12H2,(H2,30,31,32). The second-order valence-corrected chi connectivity index (χ2v) is 8.50. The largest absolute Gasteiger partial charge is 0.454 e. The zero-order valence-electron chi connectivity index (χ0n) is 19.4. The molecule has 1 unspecified atom stereocenters. The third-order valence-electron chi connectivity index (χ3n) is 6.21. The van der Waals surface area contributed by atoms with Gasteiger partial charge in [-0.15, -0.1) is 0 Å². The first-order chi connectivity index (χ1) is 17.9. The van der Waals surface area contributed by atoms with Crippen LogP contribution in [0.1, 0.15) is 19.3 Å². The summed E-state index contributed by atoms with van der Waals surface area (Å²) in [5.74, 6) is -3.60. The molecule has 188 valence electrons. The molecule has 3 heterocycles. The molecule has 1 saturated heterocycles. The van der Waals surface area contributed by atoms with Crippen LogP contribution in [0.25, 0.3) is 22.3 Å². The Bertz CT molecular complexity index is 1550. The second-order valence-electron chi connectivity index (χ2n) is 8.50. The van der Waals surface area contributed by atoms with Crippen molar-refractivity contribution in [3.05, 3.63) is 60.2 Å². The lowest BCUT2D eigenvalue weighted by molar-refractivity contribution is -0.131. The minimum atomic E-state index is -1.18. The molecular formula is C25H20F3N7O2. The van der Waals surface area contributed by atoms with Crippen molar-refractivity contribution in [2.45, 2.75) is 31.8 Å². The van der Waals surface area contributed by atoms with Crippen LogP contribution in [0.2, 0.25) is 0 Å². The van der Waals surface area contributed by atoms with E-state index in [1.165, 1.54) is 30.6 Å². The summed E-state index contributed by atoms with van der Waals surface area (Å²) in [6.45, 7) is 0.808.